The van der Waals surface area contributed by atoms with Crippen LogP contribution in [0.2, 0.25) is 0 Å². The molecule has 9 amide bonds. The minimum atomic E-state index is -5.87. The van der Waals surface area contributed by atoms with Crippen molar-refractivity contribution in [1.29, 1.82) is 0 Å². The summed E-state index contributed by atoms with van der Waals surface area (Å²) in [5, 5.41) is 11.0. The van der Waals surface area contributed by atoms with Crippen LogP contribution in [0.3, 0.4) is 0 Å². The molecule has 84 heavy (non-hydrogen) atoms. The highest BCUT2D eigenvalue weighted by Gasteiger charge is 2.51. The molecule has 25 heteroatoms. The van der Waals surface area contributed by atoms with E-state index in [4.69, 9.17) is 5.73 Å². The third-order valence-electron chi connectivity index (χ3n) is 17.3. The first kappa shape index (κ1) is 59.7. The average Bonchev–Trinajstić information content (AvgIpc) is 3.53. The van der Waals surface area contributed by atoms with Gasteiger partial charge in [-0.1, -0.05) is 48.2 Å². The topological polar surface area (TPSA) is 298 Å². The number of rotatable bonds is 16. The number of likely N-dealkylation sites (tertiary alicyclic amines) is 1. The van der Waals surface area contributed by atoms with E-state index in [-0.39, 0.29) is 85.0 Å². The summed E-state index contributed by atoms with van der Waals surface area (Å²) >= 11 is 0.927. The van der Waals surface area contributed by atoms with Crippen molar-refractivity contribution in [2.24, 2.45) is 17.6 Å². The number of piperidine rings is 2. The van der Waals surface area contributed by atoms with E-state index in [0.29, 0.717) is 80.4 Å². The molecule has 1 aromatic heterocycles. The minimum Gasteiger partial charge on any atom is -0.370 e. The second-order valence-corrected chi connectivity index (χ2v) is 25.6. The second kappa shape index (κ2) is 24.7. The van der Waals surface area contributed by atoms with Crippen LogP contribution in [0.1, 0.15) is 118 Å². The van der Waals surface area contributed by atoms with E-state index >= 15 is 0 Å². The van der Waals surface area contributed by atoms with Crippen molar-refractivity contribution < 1.29 is 66.3 Å². The van der Waals surface area contributed by atoms with Gasteiger partial charge in [-0.25, -0.2) is 0 Å². The summed E-state index contributed by atoms with van der Waals surface area (Å²) in [6.07, 6.45) is 4.74. The van der Waals surface area contributed by atoms with Gasteiger partial charge in [-0.2, -0.15) is 8.78 Å². The summed E-state index contributed by atoms with van der Waals surface area (Å²) in [4.78, 5) is 148. The van der Waals surface area contributed by atoms with Crippen LogP contribution in [0.15, 0.2) is 66.7 Å². The quantitative estimate of drug-likeness (QED) is 0.0482. The number of alkyl halides is 2. The highest BCUT2D eigenvalue weighted by atomic mass is 32.1. The highest BCUT2D eigenvalue weighted by Crippen LogP contribution is 2.59. The first-order valence-electron chi connectivity index (χ1n) is 28.3. The third-order valence-corrected chi connectivity index (χ3v) is 19.4. The Hall–Kier alpha value is -7.42. The first-order valence-corrected chi connectivity index (χ1v) is 30.8. The van der Waals surface area contributed by atoms with Gasteiger partial charge in [0.05, 0.1) is 4.88 Å². The normalized spacial score (nSPS) is 22.2. The van der Waals surface area contributed by atoms with E-state index in [0.717, 1.165) is 46.6 Å². The fraction of sp³-hybridized carbons (Fsp3) is 0.475. The van der Waals surface area contributed by atoms with Gasteiger partial charge in [-0.3, -0.25) is 53.0 Å². The molecule has 4 aromatic rings. The van der Waals surface area contributed by atoms with Crippen LogP contribution in [-0.2, 0) is 63.2 Å². The van der Waals surface area contributed by atoms with E-state index in [1.54, 1.807) is 24.1 Å². The van der Waals surface area contributed by atoms with E-state index < -0.39 is 90.5 Å². The molecule has 6 atom stereocenters. The number of nitrogens with one attached hydrogen (secondary N) is 4. The van der Waals surface area contributed by atoms with Gasteiger partial charge in [0.1, 0.15) is 30.2 Å². The van der Waals surface area contributed by atoms with Crippen LogP contribution in [-0.4, -0.2) is 152 Å². The Morgan fingerprint density at radius 3 is 2.35 bits per heavy atom. The standard InChI is InChI=1S/C59H66F2N9O12PS/c1-67-24-23-40-14-16-46(70(40)57(78)44(32-67)64-55(76)48-30-37-29-39(13-18-47(37)84-48)59(60,61)83(80,81)82)54(75)63-43(15-19-49(62)71)52(73)66-51(38-27-35-9-4-5-10-36(35)28-38)58(79)68-25-21-33(22-26-68)7-2-3-8-34-11-6-12-41-42(34)31-69(56(41)77)45-17-20-50(72)65-53(45)74/h4-6,9-13,18,29-30,33,38,40,43-46,51H,2,7,14-17,19-28,31-32H2,1H3,(H2,62,71)(H,63,75)(H,64,76)(H,66,73)(H,65,72,74)(H2,80,81,82)/t40-,43+,44+,45?,46+,51+/m1/s1. The molecule has 1 unspecified atom stereocenters. The molecular formula is C59H66F2N9O12PS. The summed E-state index contributed by atoms with van der Waals surface area (Å²) in [5.41, 5.74) is 4.23. The van der Waals surface area contributed by atoms with Gasteiger partial charge in [0.2, 0.25) is 41.4 Å². The summed E-state index contributed by atoms with van der Waals surface area (Å²) in [5.74, 6) is 1.64. The van der Waals surface area contributed by atoms with Crippen LogP contribution in [0, 0.1) is 23.7 Å². The Balaban J connectivity index is 0.791. The molecule has 21 nitrogen and oxygen atoms in total. The monoisotopic (exact) mass is 1190 g/mol. The van der Waals surface area contributed by atoms with E-state index in [1.165, 1.54) is 21.9 Å². The number of primary amides is 1. The number of hydrogen-bond acceptors (Lipinski definition) is 12. The van der Waals surface area contributed by atoms with Gasteiger partial charge in [0.15, 0.2) is 0 Å². The van der Waals surface area contributed by atoms with Crippen LogP contribution in [0.4, 0.5) is 8.78 Å². The number of halogens is 2. The molecule has 0 saturated carbocycles. The maximum Gasteiger partial charge on any atom is 0.399 e. The van der Waals surface area contributed by atoms with Gasteiger partial charge >= 0.3 is 13.3 Å². The van der Waals surface area contributed by atoms with Crippen molar-refractivity contribution in [1.82, 2.24) is 40.9 Å². The van der Waals surface area contributed by atoms with Crippen molar-refractivity contribution in [3.63, 3.8) is 0 Å². The lowest BCUT2D eigenvalue weighted by Gasteiger charge is -2.38. The molecule has 0 radical (unpaired) electrons. The van der Waals surface area contributed by atoms with Crippen LogP contribution < -0.4 is 27.0 Å². The fourth-order valence-electron chi connectivity index (χ4n) is 12.7. The van der Waals surface area contributed by atoms with Crippen molar-refractivity contribution in [3.05, 3.63) is 105 Å². The van der Waals surface area contributed by atoms with Crippen molar-refractivity contribution >= 4 is 82.2 Å². The zero-order valence-corrected chi connectivity index (χ0v) is 47.9. The largest absolute Gasteiger partial charge is 0.399 e. The number of imide groups is 1. The molecule has 4 fully saturated rings. The molecule has 5 aliphatic heterocycles. The van der Waals surface area contributed by atoms with Crippen molar-refractivity contribution in [2.75, 3.05) is 33.2 Å². The average molecular weight is 1190 g/mol. The lowest BCUT2D eigenvalue weighted by molar-refractivity contribution is -0.144. The van der Waals surface area contributed by atoms with Gasteiger partial charge in [0, 0.05) is 72.9 Å². The smallest absolute Gasteiger partial charge is 0.370 e. The summed E-state index contributed by atoms with van der Waals surface area (Å²) in [6, 6.07) is 11.6. The minimum absolute atomic E-state index is 0.0352. The lowest BCUT2D eigenvalue weighted by atomic mass is 9.90. The zero-order valence-electron chi connectivity index (χ0n) is 46.2. The van der Waals surface area contributed by atoms with E-state index in [1.807, 2.05) is 35.2 Å². The van der Waals surface area contributed by atoms with Crippen LogP contribution >= 0.6 is 18.9 Å². The molecule has 4 saturated heterocycles. The first-order chi connectivity index (χ1) is 40.0. The SMILES string of the molecule is CN1CC[C@H]2CC[C@@H](C(=O)N[C@@H](CCC(N)=O)C(=O)N[C@H](C(=O)N3CCC(CCC#Cc4cccc5c4CN(C4CCC(=O)NC4=O)C5=O)CC3)C3Cc4ccccc4C3)N2C(=O)[C@@H](NC(=O)c2cc3cc(C(F)(F)P(=O)(O)O)ccc3s2)C1. The maximum absolute atomic E-state index is 14.8. The lowest BCUT2D eigenvalue weighted by Crippen LogP contribution is -2.62. The number of carbonyl (C=O) groups is 9. The third kappa shape index (κ3) is 12.7. The maximum atomic E-state index is 14.8. The highest BCUT2D eigenvalue weighted by molar-refractivity contribution is 7.52. The zero-order chi connectivity index (χ0) is 59.8. The van der Waals surface area contributed by atoms with Gasteiger partial charge < -0.3 is 51.1 Å². The second-order valence-electron chi connectivity index (χ2n) is 22.8. The Morgan fingerprint density at radius 1 is 0.905 bits per heavy atom. The summed E-state index contributed by atoms with van der Waals surface area (Å²) in [7, 11) is -4.09. The van der Waals surface area contributed by atoms with E-state index in [2.05, 4.69) is 33.1 Å². The molecule has 10 rings (SSSR count). The van der Waals surface area contributed by atoms with Crippen molar-refractivity contribution in [2.45, 2.75) is 132 Å². The molecule has 3 aromatic carbocycles. The molecule has 0 bridgehead atoms. The molecule has 1 aliphatic carbocycles. The predicted molar refractivity (Wildman–Crippen MR) is 302 cm³/mol. The number of fused-ring (bicyclic) bond motifs is 4. The molecule has 8 N–H and O–H groups in total. The van der Waals surface area contributed by atoms with Gasteiger partial charge in [-0.05, 0) is 142 Å². The van der Waals surface area contributed by atoms with Crippen molar-refractivity contribution in [3.8, 4) is 11.8 Å². The van der Waals surface area contributed by atoms with Crippen LogP contribution in [0.25, 0.3) is 10.1 Å². The predicted octanol–water partition coefficient (Wildman–Crippen LogP) is 3.40. The Morgan fingerprint density at radius 2 is 1.64 bits per heavy atom. The number of likely N-dealkylation sites (N-methyl/N-ethyl adjacent to an activating group) is 1. The Labute approximate surface area is 486 Å². The summed E-state index contributed by atoms with van der Waals surface area (Å²) < 4.78 is 41.1. The summed E-state index contributed by atoms with van der Waals surface area (Å²) in [6.45, 7) is 1.60. The Kier molecular flexibility index (Phi) is 17.5. The Bertz CT molecular complexity index is 3420. The number of nitrogens with two attached hydrogens (primary N) is 1. The molecule has 444 valence electrons. The molecule has 0 spiro atoms. The number of nitrogens with zero attached hydrogens (tertiary/aromatic N) is 4. The molecule has 6 heterocycles. The number of amides is 9. The van der Waals surface area contributed by atoms with Gasteiger partial charge in [-0.15, -0.1) is 11.3 Å². The van der Waals surface area contributed by atoms with Gasteiger partial charge in [0.25, 0.3) is 11.8 Å². The number of benzene rings is 3. The van der Waals surface area contributed by atoms with E-state index in [9.17, 15) is 66.3 Å². The molecule has 6 aliphatic rings. The fourth-order valence-corrected chi connectivity index (χ4v) is 14.1. The number of thiophene rings is 1. The number of hydrogen-bond donors (Lipinski definition) is 7. The molecular weight excluding hydrogens is 1130 g/mol. The number of carbonyl (C=O) groups excluding carboxylic acids is 9. The van der Waals surface area contributed by atoms with Crippen LogP contribution in [0.5, 0.6) is 0 Å².